The number of anilines is 1. The van der Waals surface area contributed by atoms with Gasteiger partial charge in [-0.25, -0.2) is 9.59 Å². The van der Waals surface area contributed by atoms with Crippen molar-refractivity contribution in [2.75, 3.05) is 25.6 Å². The molecule has 0 heterocycles. The Labute approximate surface area is 150 Å². The van der Waals surface area contributed by atoms with Gasteiger partial charge in [-0.2, -0.15) is 0 Å². The second-order valence-electron chi connectivity index (χ2n) is 5.12. The van der Waals surface area contributed by atoms with E-state index >= 15 is 0 Å². The zero-order valence-corrected chi connectivity index (χ0v) is 14.5. The molecule has 2 rings (SSSR count). The quantitative estimate of drug-likeness (QED) is 0.766. The van der Waals surface area contributed by atoms with Gasteiger partial charge in [0.25, 0.3) is 5.91 Å². The number of hydrogen-bond acceptors (Lipinski definition) is 6. The largest absolute Gasteiger partial charge is 0.484 e. The molecule has 0 atom stereocenters. The average Bonchev–Trinajstić information content (AvgIpc) is 2.66. The zero-order chi connectivity index (χ0) is 18.9. The summed E-state index contributed by atoms with van der Waals surface area (Å²) in [6, 6.07) is 12.8. The van der Waals surface area contributed by atoms with E-state index < -0.39 is 17.8 Å². The van der Waals surface area contributed by atoms with Crippen LogP contribution in [0, 0.1) is 0 Å². The van der Waals surface area contributed by atoms with Crippen LogP contribution >= 0.6 is 0 Å². The van der Waals surface area contributed by atoms with Crippen molar-refractivity contribution in [3.05, 3.63) is 59.7 Å². The molecule has 1 amide bonds. The van der Waals surface area contributed by atoms with Crippen molar-refractivity contribution in [1.29, 1.82) is 0 Å². The van der Waals surface area contributed by atoms with Crippen LogP contribution in [0.25, 0.3) is 0 Å². The second kappa shape index (κ2) is 9.22. The van der Waals surface area contributed by atoms with Gasteiger partial charge in [0.15, 0.2) is 6.61 Å². The fraction of sp³-hybridized carbons (Fsp3) is 0.211. The van der Waals surface area contributed by atoms with Gasteiger partial charge in [0, 0.05) is 0 Å². The minimum atomic E-state index is -0.518. The molecule has 0 aliphatic rings. The monoisotopic (exact) mass is 357 g/mol. The lowest BCUT2D eigenvalue weighted by atomic mass is 10.2. The van der Waals surface area contributed by atoms with Crippen LogP contribution in [0.2, 0.25) is 0 Å². The van der Waals surface area contributed by atoms with Crippen molar-refractivity contribution in [1.82, 2.24) is 0 Å². The van der Waals surface area contributed by atoms with E-state index in [2.05, 4.69) is 10.1 Å². The smallest absolute Gasteiger partial charge is 0.340 e. The number of esters is 2. The number of methoxy groups -OCH3 is 1. The van der Waals surface area contributed by atoms with E-state index in [1.807, 2.05) is 0 Å². The highest BCUT2D eigenvalue weighted by Crippen LogP contribution is 2.17. The first kappa shape index (κ1) is 19.0. The number of amides is 1. The van der Waals surface area contributed by atoms with Crippen molar-refractivity contribution >= 4 is 23.5 Å². The SMILES string of the molecule is CCOC(=O)c1ccccc1NC(=O)COc1cccc(C(=O)OC)c1. The van der Waals surface area contributed by atoms with Crippen molar-refractivity contribution in [3.8, 4) is 5.75 Å². The van der Waals surface area contributed by atoms with Crippen LogP contribution in [0.3, 0.4) is 0 Å². The van der Waals surface area contributed by atoms with Crippen LogP contribution in [0.4, 0.5) is 5.69 Å². The molecule has 0 radical (unpaired) electrons. The molecule has 0 spiro atoms. The van der Waals surface area contributed by atoms with Gasteiger partial charge < -0.3 is 19.5 Å². The molecule has 0 aromatic heterocycles. The van der Waals surface area contributed by atoms with Crippen molar-refractivity contribution < 1.29 is 28.6 Å². The highest BCUT2D eigenvalue weighted by Gasteiger charge is 2.14. The second-order valence-corrected chi connectivity index (χ2v) is 5.12. The topological polar surface area (TPSA) is 90.9 Å². The number of ether oxygens (including phenoxy) is 3. The molecule has 0 saturated heterocycles. The predicted octanol–water partition coefficient (Wildman–Crippen LogP) is 2.67. The van der Waals surface area contributed by atoms with Crippen LogP contribution in [0.5, 0.6) is 5.75 Å². The molecule has 7 heteroatoms. The first-order valence-electron chi connectivity index (χ1n) is 7.92. The summed E-state index contributed by atoms with van der Waals surface area (Å²) in [5.41, 5.74) is 0.913. The van der Waals surface area contributed by atoms with Crippen molar-refractivity contribution in [2.24, 2.45) is 0 Å². The number of para-hydroxylation sites is 1. The molecule has 0 aliphatic carbocycles. The number of carbonyl (C=O) groups is 3. The van der Waals surface area contributed by atoms with Crippen LogP contribution in [0.1, 0.15) is 27.6 Å². The Balaban J connectivity index is 2.00. The lowest BCUT2D eigenvalue weighted by molar-refractivity contribution is -0.118. The van der Waals surface area contributed by atoms with E-state index in [0.717, 1.165) is 0 Å². The predicted molar refractivity (Wildman–Crippen MR) is 94.3 cm³/mol. The highest BCUT2D eigenvalue weighted by atomic mass is 16.5. The summed E-state index contributed by atoms with van der Waals surface area (Å²) < 4.78 is 15.0. The Morgan fingerprint density at radius 2 is 1.77 bits per heavy atom. The summed E-state index contributed by atoms with van der Waals surface area (Å²) >= 11 is 0. The standard InChI is InChI=1S/C19H19NO6/c1-3-25-19(23)15-9-4-5-10-16(15)20-17(21)12-26-14-8-6-7-13(11-14)18(22)24-2/h4-11H,3,12H2,1-2H3,(H,20,21). The normalized spacial score (nSPS) is 9.92. The van der Waals surface area contributed by atoms with Gasteiger partial charge in [-0.05, 0) is 37.3 Å². The molecule has 26 heavy (non-hydrogen) atoms. The third-order valence-corrected chi connectivity index (χ3v) is 3.32. The fourth-order valence-electron chi connectivity index (χ4n) is 2.14. The van der Waals surface area contributed by atoms with Crippen LogP contribution < -0.4 is 10.1 Å². The zero-order valence-electron chi connectivity index (χ0n) is 14.5. The highest BCUT2D eigenvalue weighted by molar-refractivity contribution is 6.01. The summed E-state index contributed by atoms with van der Waals surface area (Å²) in [5, 5.41) is 2.61. The fourth-order valence-corrected chi connectivity index (χ4v) is 2.14. The molecule has 2 aromatic rings. The third kappa shape index (κ3) is 5.07. The molecule has 0 aliphatic heterocycles. The van der Waals surface area contributed by atoms with E-state index in [-0.39, 0.29) is 18.8 Å². The summed E-state index contributed by atoms with van der Waals surface area (Å²) in [6.07, 6.45) is 0. The first-order valence-corrected chi connectivity index (χ1v) is 7.92. The van der Waals surface area contributed by atoms with Gasteiger partial charge in [0.05, 0.1) is 30.5 Å². The molecule has 0 unspecified atom stereocenters. The summed E-state index contributed by atoms with van der Waals surface area (Å²) in [5.74, 6) is -1.12. The first-order chi connectivity index (χ1) is 12.5. The third-order valence-electron chi connectivity index (χ3n) is 3.32. The average molecular weight is 357 g/mol. The minimum Gasteiger partial charge on any atom is -0.484 e. The van der Waals surface area contributed by atoms with E-state index in [4.69, 9.17) is 9.47 Å². The van der Waals surface area contributed by atoms with Crippen molar-refractivity contribution in [2.45, 2.75) is 6.92 Å². The summed E-state index contributed by atoms with van der Waals surface area (Å²) in [6.45, 7) is 1.65. The van der Waals surface area contributed by atoms with Crippen molar-refractivity contribution in [3.63, 3.8) is 0 Å². The molecular weight excluding hydrogens is 338 g/mol. The number of carbonyl (C=O) groups excluding carboxylic acids is 3. The van der Waals surface area contributed by atoms with E-state index in [0.29, 0.717) is 17.0 Å². The number of hydrogen-bond donors (Lipinski definition) is 1. The van der Waals surface area contributed by atoms with Crippen LogP contribution in [-0.4, -0.2) is 38.2 Å². The Kier molecular flexibility index (Phi) is 6.73. The maximum atomic E-state index is 12.1. The maximum absolute atomic E-state index is 12.1. The molecule has 0 saturated carbocycles. The van der Waals surface area contributed by atoms with Crippen LogP contribution in [0.15, 0.2) is 48.5 Å². The number of nitrogens with one attached hydrogen (secondary N) is 1. The van der Waals surface area contributed by atoms with Gasteiger partial charge in [-0.1, -0.05) is 18.2 Å². The molecule has 0 fully saturated rings. The lowest BCUT2D eigenvalue weighted by Gasteiger charge is -2.11. The molecule has 136 valence electrons. The van der Waals surface area contributed by atoms with E-state index in [1.54, 1.807) is 49.4 Å². The van der Waals surface area contributed by atoms with Gasteiger partial charge in [0.2, 0.25) is 0 Å². The van der Waals surface area contributed by atoms with Gasteiger partial charge in [0.1, 0.15) is 5.75 Å². The lowest BCUT2D eigenvalue weighted by Crippen LogP contribution is -2.22. The summed E-state index contributed by atoms with van der Waals surface area (Å²) in [4.78, 5) is 35.5. The molecular formula is C19H19NO6. The minimum absolute atomic E-state index is 0.237. The van der Waals surface area contributed by atoms with Crippen LogP contribution in [-0.2, 0) is 14.3 Å². The van der Waals surface area contributed by atoms with Gasteiger partial charge in [-0.3, -0.25) is 4.79 Å². The van der Waals surface area contributed by atoms with E-state index in [1.165, 1.54) is 13.2 Å². The maximum Gasteiger partial charge on any atom is 0.340 e. The Morgan fingerprint density at radius 1 is 1.00 bits per heavy atom. The van der Waals surface area contributed by atoms with Gasteiger partial charge >= 0.3 is 11.9 Å². The molecule has 0 bridgehead atoms. The molecule has 1 N–H and O–H groups in total. The Bertz CT molecular complexity index is 802. The van der Waals surface area contributed by atoms with Gasteiger partial charge in [-0.15, -0.1) is 0 Å². The number of rotatable bonds is 7. The Morgan fingerprint density at radius 3 is 2.50 bits per heavy atom. The van der Waals surface area contributed by atoms with E-state index in [9.17, 15) is 14.4 Å². The number of benzene rings is 2. The Hall–Kier alpha value is -3.35. The summed E-state index contributed by atoms with van der Waals surface area (Å²) in [7, 11) is 1.28. The molecule has 7 nitrogen and oxygen atoms in total. The molecule has 2 aromatic carbocycles.